The number of carbonyl (C=O) groups excluding carboxylic acids is 4. The van der Waals surface area contributed by atoms with Crippen LogP contribution in [0.25, 0.3) is 0 Å². The minimum absolute atomic E-state index is 0.0218. The molecule has 1 aliphatic rings. The van der Waals surface area contributed by atoms with Gasteiger partial charge < -0.3 is 24.3 Å². The third-order valence-corrected chi connectivity index (χ3v) is 5.59. The van der Waals surface area contributed by atoms with Gasteiger partial charge in [-0.15, -0.1) is 0 Å². The SMILES string of the molecule is COC(=O)/C=C/C(=O)OCCNc1cccc(COC(=O)/C=C/C(=O)OCCN2CCSCC2)c1. The summed E-state index contributed by atoms with van der Waals surface area (Å²) in [6.45, 7) is 3.39. The van der Waals surface area contributed by atoms with Crippen LogP contribution in [0.2, 0.25) is 0 Å². The van der Waals surface area contributed by atoms with Crippen LogP contribution >= 0.6 is 11.8 Å². The fourth-order valence-electron chi connectivity index (χ4n) is 2.86. The second kappa shape index (κ2) is 16.3. The minimum atomic E-state index is -0.656. The van der Waals surface area contributed by atoms with Gasteiger partial charge in [-0.2, -0.15) is 11.8 Å². The number of anilines is 1. The van der Waals surface area contributed by atoms with Crippen LogP contribution in [-0.2, 0) is 44.7 Å². The van der Waals surface area contributed by atoms with Crippen molar-refractivity contribution in [1.29, 1.82) is 0 Å². The zero-order valence-electron chi connectivity index (χ0n) is 19.6. The Balaban J connectivity index is 1.63. The Hall–Kier alpha value is -3.31. The number of rotatable bonds is 13. The highest BCUT2D eigenvalue weighted by atomic mass is 32.2. The molecule has 1 fully saturated rings. The molecule has 0 bridgehead atoms. The van der Waals surface area contributed by atoms with Crippen molar-refractivity contribution in [3.63, 3.8) is 0 Å². The molecule has 35 heavy (non-hydrogen) atoms. The number of nitrogens with one attached hydrogen (secondary N) is 1. The zero-order valence-corrected chi connectivity index (χ0v) is 20.4. The van der Waals surface area contributed by atoms with Gasteiger partial charge >= 0.3 is 23.9 Å². The van der Waals surface area contributed by atoms with E-state index in [-0.39, 0.29) is 19.8 Å². The maximum Gasteiger partial charge on any atom is 0.331 e. The van der Waals surface area contributed by atoms with Crippen LogP contribution in [0, 0.1) is 0 Å². The van der Waals surface area contributed by atoms with E-state index in [0.717, 1.165) is 60.2 Å². The Kier molecular flexibility index (Phi) is 13.0. The quantitative estimate of drug-likeness (QED) is 0.182. The number of carbonyl (C=O) groups is 4. The smallest absolute Gasteiger partial charge is 0.331 e. The van der Waals surface area contributed by atoms with Crippen molar-refractivity contribution in [2.24, 2.45) is 0 Å². The molecule has 1 aliphatic heterocycles. The highest BCUT2D eigenvalue weighted by molar-refractivity contribution is 7.99. The Labute approximate surface area is 208 Å². The molecule has 1 heterocycles. The van der Waals surface area contributed by atoms with E-state index >= 15 is 0 Å². The van der Waals surface area contributed by atoms with Gasteiger partial charge in [0.2, 0.25) is 0 Å². The lowest BCUT2D eigenvalue weighted by atomic mass is 10.2. The number of hydrogen-bond acceptors (Lipinski definition) is 11. The number of ether oxygens (including phenoxy) is 4. The lowest BCUT2D eigenvalue weighted by molar-refractivity contribution is -0.141. The van der Waals surface area contributed by atoms with Crippen molar-refractivity contribution in [3.05, 3.63) is 54.1 Å². The van der Waals surface area contributed by atoms with Crippen molar-refractivity contribution in [1.82, 2.24) is 4.90 Å². The van der Waals surface area contributed by atoms with Crippen LogP contribution in [0.4, 0.5) is 5.69 Å². The predicted molar refractivity (Wildman–Crippen MR) is 131 cm³/mol. The third kappa shape index (κ3) is 12.6. The molecule has 0 amide bonds. The second-order valence-corrected chi connectivity index (χ2v) is 8.44. The summed E-state index contributed by atoms with van der Waals surface area (Å²) in [6.07, 6.45) is 4.08. The molecule has 190 valence electrons. The van der Waals surface area contributed by atoms with E-state index in [1.165, 1.54) is 7.11 Å². The monoisotopic (exact) mass is 506 g/mol. The fourth-order valence-corrected chi connectivity index (χ4v) is 3.84. The average molecular weight is 507 g/mol. The van der Waals surface area contributed by atoms with Crippen LogP contribution in [0.5, 0.6) is 0 Å². The standard InChI is InChI=1S/C24H30N2O8S/c1-31-21(27)5-6-22(28)32-13-9-25-20-4-2-3-19(17-20)18-34-24(30)8-7-23(29)33-14-10-26-11-15-35-16-12-26/h2-8,17,25H,9-16,18H2,1H3/b6-5+,8-7+. The molecule has 10 nitrogen and oxygen atoms in total. The number of thioether (sulfide) groups is 1. The molecule has 1 saturated heterocycles. The van der Waals surface area contributed by atoms with E-state index in [9.17, 15) is 19.2 Å². The highest BCUT2D eigenvalue weighted by Crippen LogP contribution is 2.12. The molecule has 1 aromatic carbocycles. The van der Waals surface area contributed by atoms with Crippen LogP contribution < -0.4 is 5.32 Å². The second-order valence-electron chi connectivity index (χ2n) is 7.21. The first kappa shape index (κ1) is 27.9. The van der Waals surface area contributed by atoms with E-state index in [1.54, 1.807) is 18.2 Å². The van der Waals surface area contributed by atoms with E-state index in [2.05, 4.69) is 15.0 Å². The maximum absolute atomic E-state index is 11.9. The fraction of sp³-hybridized carbons (Fsp3) is 0.417. The molecule has 1 aromatic rings. The summed E-state index contributed by atoms with van der Waals surface area (Å²) < 4.78 is 19.6. The summed E-state index contributed by atoms with van der Waals surface area (Å²) in [5.41, 5.74) is 1.48. The lowest BCUT2D eigenvalue weighted by Gasteiger charge is -2.25. The van der Waals surface area contributed by atoms with Crippen LogP contribution in [0.3, 0.4) is 0 Å². The van der Waals surface area contributed by atoms with Crippen LogP contribution in [-0.4, -0.2) is 86.8 Å². The van der Waals surface area contributed by atoms with E-state index < -0.39 is 23.9 Å². The van der Waals surface area contributed by atoms with Crippen molar-refractivity contribution < 1.29 is 38.1 Å². The van der Waals surface area contributed by atoms with Gasteiger partial charge in [-0.1, -0.05) is 12.1 Å². The van der Waals surface area contributed by atoms with Gasteiger partial charge in [-0.25, -0.2) is 19.2 Å². The molecule has 0 aliphatic carbocycles. The molecule has 0 aromatic heterocycles. The molecule has 0 atom stereocenters. The van der Waals surface area contributed by atoms with Gasteiger partial charge in [0, 0.05) is 67.7 Å². The summed E-state index contributed by atoms with van der Waals surface area (Å²) in [5, 5.41) is 3.07. The molecule has 11 heteroatoms. The number of hydrogen-bond donors (Lipinski definition) is 1. The van der Waals surface area contributed by atoms with Gasteiger partial charge in [0.1, 0.15) is 19.8 Å². The summed E-state index contributed by atoms with van der Waals surface area (Å²) in [4.78, 5) is 48.3. The molecule has 0 spiro atoms. The minimum Gasteiger partial charge on any atom is -0.466 e. The topological polar surface area (TPSA) is 120 Å². The van der Waals surface area contributed by atoms with Crippen LogP contribution in [0.1, 0.15) is 5.56 Å². The number of esters is 4. The zero-order chi connectivity index (χ0) is 25.3. The van der Waals surface area contributed by atoms with Gasteiger partial charge in [0.25, 0.3) is 0 Å². The summed E-state index contributed by atoms with van der Waals surface area (Å²) in [7, 11) is 1.21. The molecule has 0 unspecified atom stereocenters. The third-order valence-electron chi connectivity index (χ3n) is 4.65. The first-order valence-electron chi connectivity index (χ1n) is 11.0. The Morgan fingerprint density at radius 2 is 1.54 bits per heavy atom. The van der Waals surface area contributed by atoms with E-state index in [1.807, 2.05) is 17.8 Å². The van der Waals surface area contributed by atoms with Gasteiger partial charge in [0.05, 0.1) is 7.11 Å². The van der Waals surface area contributed by atoms with Crippen molar-refractivity contribution in [2.45, 2.75) is 6.61 Å². The molecular weight excluding hydrogens is 476 g/mol. The van der Waals surface area contributed by atoms with E-state index in [0.29, 0.717) is 13.1 Å². The highest BCUT2D eigenvalue weighted by Gasteiger charge is 2.10. The predicted octanol–water partition coefficient (Wildman–Crippen LogP) is 1.56. The largest absolute Gasteiger partial charge is 0.466 e. The Bertz CT molecular complexity index is 913. The summed E-state index contributed by atoms with van der Waals surface area (Å²) >= 11 is 1.92. The first-order chi connectivity index (χ1) is 17.0. The molecular formula is C24H30N2O8S. The number of nitrogens with zero attached hydrogens (tertiary/aromatic N) is 1. The van der Waals surface area contributed by atoms with Gasteiger partial charge in [-0.3, -0.25) is 4.90 Å². The van der Waals surface area contributed by atoms with Crippen molar-refractivity contribution >= 4 is 41.3 Å². The van der Waals surface area contributed by atoms with Crippen molar-refractivity contribution in [2.75, 3.05) is 63.3 Å². The number of benzene rings is 1. The average Bonchev–Trinajstić information content (AvgIpc) is 2.88. The van der Waals surface area contributed by atoms with Gasteiger partial charge in [-0.05, 0) is 17.7 Å². The van der Waals surface area contributed by atoms with Crippen molar-refractivity contribution in [3.8, 4) is 0 Å². The molecule has 0 radical (unpaired) electrons. The normalized spacial score (nSPS) is 14.0. The first-order valence-corrected chi connectivity index (χ1v) is 12.2. The van der Waals surface area contributed by atoms with Crippen LogP contribution in [0.15, 0.2) is 48.6 Å². The lowest BCUT2D eigenvalue weighted by Crippen LogP contribution is -2.35. The van der Waals surface area contributed by atoms with Gasteiger partial charge in [0.15, 0.2) is 0 Å². The molecule has 2 rings (SSSR count). The summed E-state index contributed by atoms with van der Waals surface area (Å²) in [5.74, 6) is -0.356. The molecule has 0 saturated carbocycles. The Morgan fingerprint density at radius 3 is 2.23 bits per heavy atom. The maximum atomic E-state index is 11.9. The van der Waals surface area contributed by atoms with E-state index in [4.69, 9.17) is 14.2 Å². The number of methoxy groups -OCH3 is 1. The Morgan fingerprint density at radius 1 is 0.914 bits per heavy atom. The molecule has 1 N–H and O–H groups in total. The summed E-state index contributed by atoms with van der Waals surface area (Å²) in [6, 6.07) is 7.16.